The zero-order valence-corrected chi connectivity index (χ0v) is 13.2. The number of hydrogen-bond acceptors (Lipinski definition) is 4. The van der Waals surface area contributed by atoms with Gasteiger partial charge in [0.05, 0.1) is 0 Å². The molecule has 0 aromatic carbocycles. The number of aryl methyl sites for hydroxylation is 1. The lowest BCUT2D eigenvalue weighted by molar-refractivity contribution is -0.141. The maximum absolute atomic E-state index is 12.7. The summed E-state index contributed by atoms with van der Waals surface area (Å²) in [6, 6.07) is 0. The van der Waals surface area contributed by atoms with Gasteiger partial charge < -0.3 is 15.0 Å². The Morgan fingerprint density at radius 3 is 3.00 bits per heavy atom. The molecule has 1 fully saturated rings. The standard InChI is InChI=1S/C14H18F3N3O2S/c15-14(16,17)10-7-20-6-9(1-2-11(20)19-10)5-18-12(21)13(22)3-4-23-8-13/h7,9,22H,1-6,8H2,(H,18,21). The summed E-state index contributed by atoms with van der Waals surface area (Å²) < 4.78 is 39.6. The molecule has 2 aliphatic heterocycles. The van der Waals surface area contributed by atoms with E-state index in [2.05, 4.69) is 10.3 Å². The van der Waals surface area contributed by atoms with Crippen molar-refractivity contribution in [2.45, 2.75) is 37.6 Å². The van der Waals surface area contributed by atoms with Crippen molar-refractivity contribution in [1.29, 1.82) is 0 Å². The van der Waals surface area contributed by atoms with Crippen molar-refractivity contribution < 1.29 is 23.1 Å². The Hall–Kier alpha value is -1.22. The minimum Gasteiger partial charge on any atom is -0.379 e. The van der Waals surface area contributed by atoms with E-state index in [0.717, 1.165) is 11.9 Å². The van der Waals surface area contributed by atoms with Gasteiger partial charge in [-0.2, -0.15) is 24.9 Å². The van der Waals surface area contributed by atoms with Crippen LogP contribution in [0.5, 0.6) is 0 Å². The summed E-state index contributed by atoms with van der Waals surface area (Å²) in [6.07, 6.45) is -1.84. The van der Waals surface area contributed by atoms with E-state index >= 15 is 0 Å². The lowest BCUT2D eigenvalue weighted by Crippen LogP contribution is -2.48. The number of nitrogens with one attached hydrogen (secondary N) is 1. The van der Waals surface area contributed by atoms with Gasteiger partial charge in [0.2, 0.25) is 0 Å². The Labute approximate surface area is 135 Å². The number of aromatic nitrogens is 2. The Morgan fingerprint density at radius 1 is 1.57 bits per heavy atom. The lowest BCUT2D eigenvalue weighted by Gasteiger charge is -2.26. The van der Waals surface area contributed by atoms with Gasteiger partial charge in [-0.15, -0.1) is 0 Å². The first kappa shape index (κ1) is 16.6. The predicted octanol–water partition coefficient (Wildman–Crippen LogP) is 1.45. The first-order valence-electron chi connectivity index (χ1n) is 7.49. The van der Waals surface area contributed by atoms with Crippen LogP contribution in [0.2, 0.25) is 0 Å². The van der Waals surface area contributed by atoms with Crippen molar-refractivity contribution in [3.05, 3.63) is 17.7 Å². The molecule has 2 N–H and O–H groups in total. The topological polar surface area (TPSA) is 67.2 Å². The summed E-state index contributed by atoms with van der Waals surface area (Å²) in [5.41, 5.74) is -2.17. The smallest absolute Gasteiger partial charge is 0.379 e. The summed E-state index contributed by atoms with van der Waals surface area (Å²) in [5, 5.41) is 12.9. The van der Waals surface area contributed by atoms with Crippen LogP contribution in [-0.2, 0) is 23.9 Å². The van der Waals surface area contributed by atoms with Crippen molar-refractivity contribution in [3.8, 4) is 0 Å². The summed E-state index contributed by atoms with van der Waals surface area (Å²) in [5.74, 6) is 1.25. The number of carbonyl (C=O) groups excluding carboxylic acids is 1. The molecule has 3 heterocycles. The van der Waals surface area contributed by atoms with Crippen LogP contribution in [0.1, 0.15) is 24.4 Å². The Bertz CT molecular complexity index is 597. The van der Waals surface area contributed by atoms with E-state index in [9.17, 15) is 23.1 Å². The van der Waals surface area contributed by atoms with Crippen LogP contribution in [0.4, 0.5) is 13.2 Å². The van der Waals surface area contributed by atoms with Crippen molar-refractivity contribution in [2.75, 3.05) is 18.1 Å². The molecule has 1 saturated heterocycles. The third-order valence-electron chi connectivity index (χ3n) is 4.36. The van der Waals surface area contributed by atoms with Crippen molar-refractivity contribution in [3.63, 3.8) is 0 Å². The van der Waals surface area contributed by atoms with Gasteiger partial charge in [-0.3, -0.25) is 4.79 Å². The largest absolute Gasteiger partial charge is 0.434 e. The number of alkyl halides is 3. The van der Waals surface area contributed by atoms with Gasteiger partial charge in [-0.25, -0.2) is 4.98 Å². The Kier molecular flexibility index (Phi) is 4.35. The summed E-state index contributed by atoms with van der Waals surface area (Å²) in [7, 11) is 0. The number of rotatable bonds is 3. The fraction of sp³-hybridized carbons (Fsp3) is 0.714. The van der Waals surface area contributed by atoms with Crippen LogP contribution in [-0.4, -0.2) is 44.2 Å². The summed E-state index contributed by atoms with van der Waals surface area (Å²) in [4.78, 5) is 15.7. The molecule has 2 unspecified atom stereocenters. The lowest BCUT2D eigenvalue weighted by atomic mass is 9.98. The highest BCUT2D eigenvalue weighted by molar-refractivity contribution is 7.99. The van der Waals surface area contributed by atoms with Crippen molar-refractivity contribution in [1.82, 2.24) is 14.9 Å². The van der Waals surface area contributed by atoms with Crippen molar-refractivity contribution in [2.24, 2.45) is 5.92 Å². The Morgan fingerprint density at radius 2 is 2.35 bits per heavy atom. The van der Waals surface area contributed by atoms with Gasteiger partial charge in [0.1, 0.15) is 5.82 Å². The van der Waals surface area contributed by atoms with E-state index in [1.165, 1.54) is 16.3 Å². The molecule has 1 aromatic rings. The fourth-order valence-corrected chi connectivity index (χ4v) is 4.19. The van der Waals surface area contributed by atoms with Crippen LogP contribution in [0, 0.1) is 5.92 Å². The number of nitrogens with zero attached hydrogens (tertiary/aromatic N) is 2. The minimum atomic E-state index is -4.43. The average molecular weight is 349 g/mol. The SMILES string of the molecule is O=C(NCC1CCc2nc(C(F)(F)F)cn2C1)C1(O)CCSC1. The minimum absolute atomic E-state index is 0.0411. The molecular formula is C14H18F3N3O2S. The number of amides is 1. The summed E-state index contributed by atoms with van der Waals surface area (Å²) in [6.45, 7) is 0.747. The molecule has 0 radical (unpaired) electrons. The normalized spacial score (nSPS) is 27.7. The molecule has 2 aliphatic rings. The summed E-state index contributed by atoms with van der Waals surface area (Å²) >= 11 is 1.54. The van der Waals surface area contributed by atoms with E-state index in [0.29, 0.717) is 43.9 Å². The number of thioether (sulfide) groups is 1. The van der Waals surface area contributed by atoms with E-state index in [1.54, 1.807) is 0 Å². The van der Waals surface area contributed by atoms with E-state index in [1.807, 2.05) is 0 Å². The molecule has 23 heavy (non-hydrogen) atoms. The third kappa shape index (κ3) is 3.50. The van der Waals surface area contributed by atoms with Crippen LogP contribution in [0.25, 0.3) is 0 Å². The van der Waals surface area contributed by atoms with E-state index in [-0.39, 0.29) is 11.8 Å². The molecule has 0 bridgehead atoms. The van der Waals surface area contributed by atoms with Crippen LogP contribution in [0.15, 0.2) is 6.20 Å². The molecule has 3 rings (SSSR count). The highest BCUT2D eigenvalue weighted by Crippen LogP contribution is 2.31. The predicted molar refractivity (Wildman–Crippen MR) is 78.9 cm³/mol. The van der Waals surface area contributed by atoms with Gasteiger partial charge in [0, 0.05) is 31.5 Å². The first-order chi connectivity index (χ1) is 10.8. The quantitative estimate of drug-likeness (QED) is 0.867. The zero-order valence-electron chi connectivity index (χ0n) is 12.4. The van der Waals surface area contributed by atoms with E-state index < -0.39 is 17.5 Å². The first-order valence-corrected chi connectivity index (χ1v) is 8.65. The Balaban J connectivity index is 1.57. The molecule has 0 aliphatic carbocycles. The molecule has 1 amide bonds. The van der Waals surface area contributed by atoms with Crippen molar-refractivity contribution >= 4 is 17.7 Å². The number of aliphatic hydroxyl groups is 1. The average Bonchev–Trinajstić information content (AvgIpc) is 3.10. The maximum Gasteiger partial charge on any atom is 0.434 e. The molecule has 2 atom stereocenters. The molecule has 5 nitrogen and oxygen atoms in total. The molecule has 0 saturated carbocycles. The highest BCUT2D eigenvalue weighted by atomic mass is 32.2. The number of fused-ring (bicyclic) bond motifs is 1. The third-order valence-corrected chi connectivity index (χ3v) is 5.53. The second-order valence-electron chi connectivity index (χ2n) is 6.14. The van der Waals surface area contributed by atoms with Gasteiger partial charge in [0.25, 0.3) is 5.91 Å². The highest BCUT2D eigenvalue weighted by Gasteiger charge is 2.40. The van der Waals surface area contributed by atoms with Gasteiger partial charge in [-0.1, -0.05) is 0 Å². The molecule has 0 spiro atoms. The number of halogens is 3. The second-order valence-corrected chi connectivity index (χ2v) is 7.25. The zero-order chi connectivity index (χ0) is 16.7. The molecule has 128 valence electrons. The number of imidazole rings is 1. The molecule has 1 aromatic heterocycles. The fourth-order valence-electron chi connectivity index (χ4n) is 2.95. The number of hydrogen-bond donors (Lipinski definition) is 2. The van der Waals surface area contributed by atoms with Crippen LogP contribution in [0.3, 0.4) is 0 Å². The van der Waals surface area contributed by atoms with Crippen LogP contribution < -0.4 is 5.32 Å². The second kappa shape index (κ2) is 6.01. The number of carbonyl (C=O) groups is 1. The molecule has 9 heteroatoms. The van der Waals surface area contributed by atoms with Gasteiger partial charge in [0.15, 0.2) is 11.3 Å². The van der Waals surface area contributed by atoms with Crippen LogP contribution >= 0.6 is 11.8 Å². The van der Waals surface area contributed by atoms with Gasteiger partial charge >= 0.3 is 6.18 Å². The van der Waals surface area contributed by atoms with Gasteiger partial charge in [-0.05, 0) is 24.5 Å². The monoisotopic (exact) mass is 349 g/mol. The van der Waals surface area contributed by atoms with E-state index in [4.69, 9.17) is 0 Å². The molecular weight excluding hydrogens is 331 g/mol. The maximum atomic E-state index is 12.7.